The molecule has 1 unspecified atom stereocenters. The average Bonchev–Trinajstić information content (AvgIpc) is 3.03. The Labute approximate surface area is 141 Å². The molecule has 6 heteroatoms. The van der Waals surface area contributed by atoms with Gasteiger partial charge in [0.15, 0.2) is 0 Å². The summed E-state index contributed by atoms with van der Waals surface area (Å²) in [4.78, 5) is 29.4. The number of nitrogens with two attached hydrogens (primary N) is 1. The molecule has 1 aliphatic rings. The molecule has 0 spiro atoms. The smallest absolute Gasteiger partial charge is 0.239 e. The van der Waals surface area contributed by atoms with Crippen LogP contribution in [0.5, 0.6) is 0 Å². The van der Waals surface area contributed by atoms with Crippen LogP contribution in [0.3, 0.4) is 0 Å². The van der Waals surface area contributed by atoms with Gasteiger partial charge < -0.3 is 20.9 Å². The predicted molar refractivity (Wildman–Crippen MR) is 93.3 cm³/mol. The van der Waals surface area contributed by atoms with Gasteiger partial charge in [-0.2, -0.15) is 0 Å². The van der Waals surface area contributed by atoms with Crippen molar-refractivity contribution in [3.8, 4) is 0 Å². The fourth-order valence-corrected chi connectivity index (χ4v) is 3.45. The predicted octanol–water partition coefficient (Wildman–Crippen LogP) is 1.02. The molecular formula is C18H24N4O2. The van der Waals surface area contributed by atoms with Gasteiger partial charge in [0.05, 0.1) is 12.0 Å². The summed E-state index contributed by atoms with van der Waals surface area (Å²) >= 11 is 0. The quantitative estimate of drug-likeness (QED) is 0.782. The van der Waals surface area contributed by atoms with Crippen molar-refractivity contribution in [1.82, 2.24) is 15.2 Å². The number of aromatic nitrogens is 1. The maximum atomic E-state index is 12.7. The van der Waals surface area contributed by atoms with Crippen molar-refractivity contribution >= 4 is 22.7 Å². The van der Waals surface area contributed by atoms with E-state index in [1.165, 1.54) is 0 Å². The first-order valence-corrected chi connectivity index (χ1v) is 8.41. The lowest BCUT2D eigenvalue weighted by atomic mass is 9.96. The summed E-state index contributed by atoms with van der Waals surface area (Å²) in [6.45, 7) is 1.13. The van der Waals surface area contributed by atoms with E-state index in [9.17, 15) is 9.59 Å². The number of fused-ring (bicyclic) bond motifs is 1. The van der Waals surface area contributed by atoms with Crippen LogP contribution in [0.25, 0.3) is 10.9 Å². The van der Waals surface area contributed by atoms with E-state index in [0.29, 0.717) is 19.5 Å². The summed E-state index contributed by atoms with van der Waals surface area (Å²) in [5, 5.41) is 3.77. The number of carbonyl (C=O) groups is 2. The van der Waals surface area contributed by atoms with Crippen molar-refractivity contribution in [2.24, 2.45) is 11.7 Å². The molecule has 1 aromatic carbocycles. The zero-order valence-corrected chi connectivity index (χ0v) is 13.9. The number of carbonyl (C=O) groups excluding carboxylic acids is 2. The van der Waals surface area contributed by atoms with Crippen LogP contribution in [0.15, 0.2) is 30.5 Å². The Balaban J connectivity index is 1.67. The second-order valence-electron chi connectivity index (χ2n) is 6.41. The van der Waals surface area contributed by atoms with Crippen LogP contribution in [0.1, 0.15) is 18.4 Å². The number of amides is 2. The molecule has 24 heavy (non-hydrogen) atoms. The number of H-pyrrole nitrogens is 1. The zero-order valence-electron chi connectivity index (χ0n) is 13.9. The number of nitrogens with one attached hydrogen (secondary N) is 2. The Morgan fingerprint density at radius 1 is 1.42 bits per heavy atom. The van der Waals surface area contributed by atoms with E-state index < -0.39 is 6.04 Å². The van der Waals surface area contributed by atoms with E-state index in [1.54, 1.807) is 11.9 Å². The lowest BCUT2D eigenvalue weighted by molar-refractivity contribution is -0.136. The second-order valence-corrected chi connectivity index (χ2v) is 6.41. The third-order valence-corrected chi connectivity index (χ3v) is 4.78. The standard InChI is InChI=1S/C18H24N4O2/c1-20-17(23)12-5-4-8-22(11-12)18(24)15(19)9-13-10-21-16-7-3-2-6-14(13)16/h2-3,6-7,10,12,15,21H,4-5,8-9,11,19H2,1H3,(H,20,23)/t12?,15-/m0/s1. The van der Waals surface area contributed by atoms with Crippen LogP contribution in [0, 0.1) is 5.92 Å². The molecule has 2 atom stereocenters. The van der Waals surface area contributed by atoms with Gasteiger partial charge in [-0.15, -0.1) is 0 Å². The number of benzene rings is 1. The SMILES string of the molecule is CNC(=O)C1CCCN(C(=O)[C@@H](N)Cc2c[nH]c3ccccc23)C1. The van der Waals surface area contributed by atoms with Crippen LogP contribution >= 0.6 is 0 Å². The van der Waals surface area contributed by atoms with Crippen molar-refractivity contribution < 1.29 is 9.59 Å². The Kier molecular flexibility index (Phi) is 4.85. The van der Waals surface area contributed by atoms with Gasteiger partial charge in [0, 0.05) is 37.2 Å². The Morgan fingerprint density at radius 3 is 3.00 bits per heavy atom. The van der Waals surface area contributed by atoms with Crippen LogP contribution in [0.4, 0.5) is 0 Å². The van der Waals surface area contributed by atoms with Gasteiger partial charge in [-0.3, -0.25) is 9.59 Å². The van der Waals surface area contributed by atoms with Crippen LogP contribution in [0.2, 0.25) is 0 Å². The van der Waals surface area contributed by atoms with Gasteiger partial charge >= 0.3 is 0 Å². The highest BCUT2D eigenvalue weighted by Gasteiger charge is 2.30. The van der Waals surface area contributed by atoms with Crippen LogP contribution in [-0.2, 0) is 16.0 Å². The van der Waals surface area contributed by atoms with E-state index in [2.05, 4.69) is 10.3 Å². The molecule has 1 fully saturated rings. The molecule has 2 amide bonds. The van der Waals surface area contributed by atoms with Gasteiger partial charge in [-0.25, -0.2) is 0 Å². The molecule has 0 radical (unpaired) electrons. The van der Waals surface area contributed by atoms with Crippen LogP contribution in [-0.4, -0.2) is 47.9 Å². The van der Waals surface area contributed by atoms with E-state index in [4.69, 9.17) is 5.73 Å². The van der Waals surface area contributed by atoms with Gasteiger partial charge in [0.25, 0.3) is 0 Å². The fourth-order valence-electron chi connectivity index (χ4n) is 3.45. The zero-order chi connectivity index (χ0) is 17.1. The molecule has 4 N–H and O–H groups in total. The van der Waals surface area contributed by atoms with Gasteiger partial charge in [0.2, 0.25) is 11.8 Å². The first-order valence-electron chi connectivity index (χ1n) is 8.41. The summed E-state index contributed by atoms with van der Waals surface area (Å²) in [6.07, 6.45) is 4.07. The van der Waals surface area contributed by atoms with E-state index in [1.807, 2.05) is 30.5 Å². The van der Waals surface area contributed by atoms with Crippen molar-refractivity contribution in [3.05, 3.63) is 36.0 Å². The molecule has 6 nitrogen and oxygen atoms in total. The van der Waals surface area contributed by atoms with Crippen molar-refractivity contribution in [2.75, 3.05) is 20.1 Å². The lowest BCUT2D eigenvalue weighted by Gasteiger charge is -2.33. The number of piperidine rings is 1. The van der Waals surface area contributed by atoms with Crippen LogP contribution < -0.4 is 11.1 Å². The molecule has 0 bridgehead atoms. The highest BCUT2D eigenvalue weighted by Crippen LogP contribution is 2.21. The van der Waals surface area contributed by atoms with Gasteiger partial charge in [-0.05, 0) is 30.9 Å². The molecule has 128 valence electrons. The van der Waals surface area contributed by atoms with Gasteiger partial charge in [0.1, 0.15) is 0 Å². The minimum atomic E-state index is -0.590. The molecule has 0 saturated carbocycles. The number of para-hydroxylation sites is 1. The second kappa shape index (κ2) is 7.05. The topological polar surface area (TPSA) is 91.2 Å². The van der Waals surface area contributed by atoms with Crippen molar-refractivity contribution in [1.29, 1.82) is 0 Å². The molecule has 1 aliphatic heterocycles. The van der Waals surface area contributed by atoms with Gasteiger partial charge in [-0.1, -0.05) is 18.2 Å². The Morgan fingerprint density at radius 2 is 2.21 bits per heavy atom. The Bertz CT molecular complexity index is 739. The summed E-state index contributed by atoms with van der Waals surface area (Å²) in [5.41, 5.74) is 8.27. The minimum absolute atomic E-state index is 0.00213. The third-order valence-electron chi connectivity index (χ3n) is 4.78. The maximum absolute atomic E-state index is 12.7. The van der Waals surface area contributed by atoms with Crippen molar-refractivity contribution in [2.45, 2.75) is 25.3 Å². The fraction of sp³-hybridized carbons (Fsp3) is 0.444. The number of hydrogen-bond donors (Lipinski definition) is 3. The summed E-state index contributed by atoms with van der Waals surface area (Å²) in [6, 6.07) is 7.39. The third kappa shape index (κ3) is 3.28. The highest BCUT2D eigenvalue weighted by molar-refractivity contribution is 5.87. The highest BCUT2D eigenvalue weighted by atomic mass is 16.2. The Hall–Kier alpha value is -2.34. The molecule has 2 heterocycles. The monoisotopic (exact) mass is 328 g/mol. The molecule has 0 aliphatic carbocycles. The molecule has 3 rings (SSSR count). The number of rotatable bonds is 4. The molecule has 1 aromatic heterocycles. The number of nitrogens with zero attached hydrogens (tertiary/aromatic N) is 1. The summed E-state index contributed by atoms with van der Waals surface area (Å²) < 4.78 is 0. The first kappa shape index (κ1) is 16.5. The van der Waals surface area contributed by atoms with E-state index in [-0.39, 0.29) is 17.7 Å². The molecular weight excluding hydrogens is 304 g/mol. The maximum Gasteiger partial charge on any atom is 0.239 e. The van der Waals surface area contributed by atoms with Crippen molar-refractivity contribution in [3.63, 3.8) is 0 Å². The lowest BCUT2D eigenvalue weighted by Crippen LogP contribution is -2.50. The number of aromatic amines is 1. The minimum Gasteiger partial charge on any atom is -0.361 e. The molecule has 1 saturated heterocycles. The number of hydrogen-bond acceptors (Lipinski definition) is 3. The average molecular weight is 328 g/mol. The number of likely N-dealkylation sites (tertiary alicyclic amines) is 1. The first-order chi connectivity index (χ1) is 11.6. The normalized spacial score (nSPS) is 19.2. The largest absolute Gasteiger partial charge is 0.361 e. The molecule has 2 aromatic rings. The van der Waals surface area contributed by atoms with E-state index >= 15 is 0 Å². The summed E-state index contributed by atoms with van der Waals surface area (Å²) in [5.74, 6) is -0.209. The van der Waals surface area contributed by atoms with E-state index in [0.717, 1.165) is 29.3 Å². The summed E-state index contributed by atoms with van der Waals surface area (Å²) in [7, 11) is 1.63.